The normalized spacial score (nSPS) is 40.8. The third-order valence-corrected chi connectivity index (χ3v) is 9.09. The largest absolute Gasteiger partial charge is 0.453 e. The Balaban J connectivity index is 1.77. The molecular formula is C22H25BrN2O5. The van der Waals surface area contributed by atoms with E-state index in [0.717, 1.165) is 11.3 Å². The number of likely N-dealkylation sites (tertiary alicyclic amines) is 1. The van der Waals surface area contributed by atoms with Gasteiger partial charge in [-0.15, -0.1) is 6.58 Å². The molecule has 4 bridgehead atoms. The SMILES string of the molecule is C=C[C@]12CN(C(=O)OC)[C@@H]3[C@H](Br)[C@H]1C[C@H](O)[C@@]1(C(=O)N(COC)c4ccccc41)[C@@H]32. The number of ether oxygens (including phenoxy) is 2. The maximum atomic E-state index is 14.1. The minimum Gasteiger partial charge on any atom is -0.453 e. The molecule has 0 aromatic heterocycles. The number of hydrogen-bond donors (Lipinski definition) is 1. The van der Waals surface area contributed by atoms with E-state index in [1.165, 1.54) is 7.11 Å². The van der Waals surface area contributed by atoms with Crippen LogP contribution in [-0.2, 0) is 19.7 Å². The van der Waals surface area contributed by atoms with E-state index in [9.17, 15) is 14.7 Å². The van der Waals surface area contributed by atoms with Crippen LogP contribution in [0.1, 0.15) is 12.0 Å². The quantitative estimate of drug-likeness (QED) is 0.534. The molecule has 8 heteroatoms. The Morgan fingerprint density at radius 2 is 2.13 bits per heavy atom. The zero-order valence-electron chi connectivity index (χ0n) is 17.0. The average molecular weight is 477 g/mol. The number of alkyl halides is 1. The topological polar surface area (TPSA) is 79.3 Å². The number of aliphatic hydroxyl groups excluding tert-OH is 1. The lowest BCUT2D eigenvalue weighted by Crippen LogP contribution is -2.61. The Bertz CT molecular complexity index is 940. The number of benzene rings is 1. The molecule has 2 saturated carbocycles. The first-order valence-electron chi connectivity index (χ1n) is 10.1. The van der Waals surface area contributed by atoms with Crippen molar-refractivity contribution in [1.82, 2.24) is 4.90 Å². The van der Waals surface area contributed by atoms with Gasteiger partial charge in [-0.3, -0.25) is 9.69 Å². The lowest BCUT2D eigenvalue weighted by atomic mass is 9.52. The Kier molecular flexibility index (Phi) is 4.37. The molecule has 5 rings (SSSR count). The molecule has 1 aromatic carbocycles. The van der Waals surface area contributed by atoms with Crippen LogP contribution >= 0.6 is 15.9 Å². The maximum Gasteiger partial charge on any atom is 0.409 e. The van der Waals surface area contributed by atoms with Crippen molar-refractivity contribution in [1.29, 1.82) is 0 Å². The molecule has 1 aromatic rings. The maximum absolute atomic E-state index is 14.1. The van der Waals surface area contributed by atoms with Crippen LogP contribution in [-0.4, -0.2) is 66.5 Å². The standard InChI is InChI=1S/C22H25BrN2O5/c1-4-21-10-24(20(28)30-3)17-16(23)13(21)9-15(26)22(18(17)21)12-7-5-6-8-14(12)25(11-29-2)19(22)27/h4-8,13,15-18,26H,1,9-11H2,2-3H3/t13-,15+,16-,17-,18+,21+,22-/m1/s1. The summed E-state index contributed by atoms with van der Waals surface area (Å²) < 4.78 is 10.4. The zero-order chi connectivity index (χ0) is 21.4. The van der Waals surface area contributed by atoms with Gasteiger partial charge in [-0.1, -0.05) is 40.2 Å². The number of rotatable bonds is 3. The second-order valence-electron chi connectivity index (χ2n) is 8.72. The monoisotopic (exact) mass is 476 g/mol. The van der Waals surface area contributed by atoms with Gasteiger partial charge in [-0.2, -0.15) is 0 Å². The van der Waals surface area contributed by atoms with Gasteiger partial charge in [0.1, 0.15) is 12.1 Å². The molecule has 2 amide bonds. The van der Waals surface area contributed by atoms with E-state index in [0.29, 0.717) is 13.0 Å². The first-order chi connectivity index (χ1) is 14.4. The van der Waals surface area contributed by atoms with Crippen LogP contribution in [0.25, 0.3) is 0 Å². The Hall–Kier alpha value is -1.90. The number of fused-ring (bicyclic) bond motifs is 2. The van der Waals surface area contributed by atoms with Crippen molar-refractivity contribution < 1.29 is 24.2 Å². The number of para-hydroxylation sites is 1. The first-order valence-corrected chi connectivity index (χ1v) is 11.0. The summed E-state index contributed by atoms with van der Waals surface area (Å²) in [5.74, 6) is -0.427. The van der Waals surface area contributed by atoms with Crippen molar-refractivity contribution in [3.8, 4) is 0 Å². The van der Waals surface area contributed by atoms with E-state index in [1.807, 2.05) is 30.3 Å². The van der Waals surface area contributed by atoms with Crippen LogP contribution in [0, 0.1) is 17.3 Å². The molecule has 1 N–H and O–H groups in total. The van der Waals surface area contributed by atoms with Crippen LogP contribution in [0.4, 0.5) is 10.5 Å². The number of carbonyl (C=O) groups is 2. The van der Waals surface area contributed by atoms with Crippen LogP contribution in [0.2, 0.25) is 0 Å². The summed E-state index contributed by atoms with van der Waals surface area (Å²) in [4.78, 5) is 29.9. The van der Waals surface area contributed by atoms with E-state index >= 15 is 0 Å². The van der Waals surface area contributed by atoms with Crippen molar-refractivity contribution in [2.24, 2.45) is 17.3 Å². The fourth-order valence-corrected chi connectivity index (χ4v) is 8.24. The highest BCUT2D eigenvalue weighted by Crippen LogP contribution is 2.71. The minimum absolute atomic E-state index is 0.0705. The molecule has 160 valence electrons. The molecule has 3 fully saturated rings. The van der Waals surface area contributed by atoms with Crippen LogP contribution in [0.5, 0.6) is 0 Å². The van der Waals surface area contributed by atoms with E-state index in [-0.39, 0.29) is 35.3 Å². The smallest absolute Gasteiger partial charge is 0.409 e. The summed E-state index contributed by atoms with van der Waals surface area (Å²) in [5.41, 5.74) is -0.121. The molecule has 7 atom stereocenters. The number of hydrogen-bond acceptors (Lipinski definition) is 5. The predicted molar refractivity (Wildman–Crippen MR) is 113 cm³/mol. The number of methoxy groups -OCH3 is 2. The van der Waals surface area contributed by atoms with E-state index in [2.05, 4.69) is 22.5 Å². The molecule has 0 unspecified atom stereocenters. The molecule has 2 aliphatic heterocycles. The number of anilines is 1. The highest BCUT2D eigenvalue weighted by Gasteiger charge is 2.79. The molecule has 2 heterocycles. The molecule has 30 heavy (non-hydrogen) atoms. The molecule has 4 aliphatic rings. The van der Waals surface area contributed by atoms with Gasteiger partial charge in [0.25, 0.3) is 0 Å². The van der Waals surface area contributed by atoms with Crippen molar-refractivity contribution >= 4 is 33.6 Å². The van der Waals surface area contributed by atoms with E-state index in [1.54, 1.807) is 16.9 Å². The van der Waals surface area contributed by atoms with Gasteiger partial charge < -0.3 is 19.5 Å². The summed E-state index contributed by atoms with van der Waals surface area (Å²) in [5, 5.41) is 11.5. The summed E-state index contributed by atoms with van der Waals surface area (Å²) >= 11 is 3.82. The van der Waals surface area contributed by atoms with Gasteiger partial charge >= 0.3 is 6.09 Å². The van der Waals surface area contributed by atoms with Gasteiger partial charge in [0.2, 0.25) is 5.91 Å². The Labute approximate surface area is 183 Å². The Morgan fingerprint density at radius 3 is 2.80 bits per heavy atom. The number of nitrogens with zero attached hydrogens (tertiary/aromatic N) is 2. The fraction of sp³-hybridized carbons (Fsp3) is 0.545. The van der Waals surface area contributed by atoms with Crippen molar-refractivity contribution in [2.45, 2.75) is 28.8 Å². The van der Waals surface area contributed by atoms with Crippen LogP contribution in [0.15, 0.2) is 36.9 Å². The number of carbonyl (C=O) groups excluding carboxylic acids is 2. The predicted octanol–water partition coefficient (Wildman–Crippen LogP) is 2.27. The molecular weight excluding hydrogens is 452 g/mol. The lowest BCUT2D eigenvalue weighted by Gasteiger charge is -2.50. The van der Waals surface area contributed by atoms with Crippen molar-refractivity contribution in [2.75, 3.05) is 32.4 Å². The second kappa shape index (κ2) is 6.55. The zero-order valence-corrected chi connectivity index (χ0v) is 18.5. The summed E-state index contributed by atoms with van der Waals surface area (Å²) in [6.45, 7) is 4.67. The molecule has 0 radical (unpaired) electrons. The average Bonchev–Trinajstić information content (AvgIpc) is 3.28. The van der Waals surface area contributed by atoms with Gasteiger partial charge in [-0.05, 0) is 24.0 Å². The third kappa shape index (κ3) is 2.03. The van der Waals surface area contributed by atoms with E-state index < -0.39 is 23.0 Å². The number of halogens is 1. The van der Waals surface area contributed by atoms with Crippen molar-refractivity contribution in [3.05, 3.63) is 42.5 Å². The highest BCUT2D eigenvalue weighted by molar-refractivity contribution is 9.09. The lowest BCUT2D eigenvalue weighted by molar-refractivity contribution is -0.137. The summed E-state index contributed by atoms with van der Waals surface area (Å²) in [6.07, 6.45) is 1.06. The molecule has 7 nitrogen and oxygen atoms in total. The molecule has 1 spiro atoms. The Morgan fingerprint density at radius 1 is 1.40 bits per heavy atom. The van der Waals surface area contributed by atoms with E-state index in [4.69, 9.17) is 9.47 Å². The molecule has 1 saturated heterocycles. The van der Waals surface area contributed by atoms with Crippen LogP contribution in [0.3, 0.4) is 0 Å². The molecule has 2 aliphatic carbocycles. The number of amides is 2. The minimum atomic E-state index is -1.17. The van der Waals surface area contributed by atoms with Gasteiger partial charge in [0, 0.05) is 29.8 Å². The number of piperidine rings is 1. The van der Waals surface area contributed by atoms with Crippen molar-refractivity contribution in [3.63, 3.8) is 0 Å². The van der Waals surface area contributed by atoms with Gasteiger partial charge in [0.05, 0.1) is 24.9 Å². The summed E-state index contributed by atoms with van der Waals surface area (Å²) in [7, 11) is 2.91. The first kappa shape index (κ1) is 20.0. The fourth-order valence-electron chi connectivity index (χ4n) is 6.94. The van der Waals surface area contributed by atoms with Gasteiger partial charge in [-0.25, -0.2) is 4.79 Å². The van der Waals surface area contributed by atoms with Crippen LogP contribution < -0.4 is 4.90 Å². The second-order valence-corrected chi connectivity index (χ2v) is 9.78. The summed E-state index contributed by atoms with van der Waals surface area (Å²) in [6, 6.07) is 7.29. The third-order valence-electron chi connectivity index (χ3n) is 7.91. The van der Waals surface area contributed by atoms with Gasteiger partial charge in [0.15, 0.2) is 0 Å². The highest BCUT2D eigenvalue weighted by atomic mass is 79.9. The number of aliphatic hydroxyl groups is 1.